The van der Waals surface area contributed by atoms with Gasteiger partial charge in [0, 0.05) is 42.4 Å². The molecule has 1 fully saturated rings. The lowest BCUT2D eigenvalue weighted by molar-refractivity contribution is 0.0814. The van der Waals surface area contributed by atoms with Gasteiger partial charge < -0.3 is 5.32 Å². The van der Waals surface area contributed by atoms with Crippen LogP contribution in [0.25, 0.3) is 0 Å². The van der Waals surface area contributed by atoms with Gasteiger partial charge in [0.15, 0.2) is 0 Å². The number of hydrogen-bond donors (Lipinski definition) is 1. The molecule has 0 spiro atoms. The largest absolute Gasteiger partial charge is 0.314 e. The molecule has 0 unspecified atom stereocenters. The lowest BCUT2D eigenvalue weighted by Crippen LogP contribution is -2.57. The zero-order valence-electron chi connectivity index (χ0n) is 9.83. The second kappa shape index (κ2) is 4.82. The number of pyridine rings is 1. The van der Waals surface area contributed by atoms with Crippen LogP contribution in [0.1, 0.15) is 19.5 Å². The Morgan fingerprint density at radius 2 is 2.31 bits per heavy atom. The van der Waals surface area contributed by atoms with E-state index >= 15 is 0 Å². The van der Waals surface area contributed by atoms with Crippen LogP contribution in [0.2, 0.25) is 0 Å². The molecule has 0 amide bonds. The molecule has 88 valence electrons. The molecule has 1 saturated heterocycles. The highest BCUT2D eigenvalue weighted by atomic mass is 79.9. The minimum Gasteiger partial charge on any atom is -0.314 e. The molecule has 4 heteroatoms. The van der Waals surface area contributed by atoms with Gasteiger partial charge in [0.1, 0.15) is 0 Å². The standard InChI is InChI=1S/C12H18BrN3/c1-12(2)9-14-5-6-16(12)8-11-4-3-10(13)7-15-11/h3-4,7,14H,5-6,8-9H2,1-2H3. The zero-order chi connectivity index (χ0) is 11.6. The Morgan fingerprint density at radius 3 is 2.94 bits per heavy atom. The van der Waals surface area contributed by atoms with Crippen LogP contribution in [-0.2, 0) is 6.54 Å². The summed E-state index contributed by atoms with van der Waals surface area (Å²) in [7, 11) is 0. The molecule has 1 N–H and O–H groups in total. The van der Waals surface area contributed by atoms with Crippen LogP contribution in [0.3, 0.4) is 0 Å². The van der Waals surface area contributed by atoms with E-state index in [0.29, 0.717) is 0 Å². The molecule has 0 radical (unpaired) electrons. The zero-order valence-corrected chi connectivity index (χ0v) is 11.4. The Balaban J connectivity index is 2.05. The summed E-state index contributed by atoms with van der Waals surface area (Å²) in [6.07, 6.45) is 1.87. The molecule has 0 atom stereocenters. The Labute approximate surface area is 105 Å². The monoisotopic (exact) mass is 283 g/mol. The first-order valence-electron chi connectivity index (χ1n) is 5.64. The van der Waals surface area contributed by atoms with Gasteiger partial charge >= 0.3 is 0 Å². The predicted molar refractivity (Wildman–Crippen MR) is 69.3 cm³/mol. The van der Waals surface area contributed by atoms with Crippen LogP contribution in [0.15, 0.2) is 22.8 Å². The van der Waals surface area contributed by atoms with Crippen molar-refractivity contribution in [2.45, 2.75) is 25.9 Å². The molecule has 1 aromatic heterocycles. The average molecular weight is 284 g/mol. The van der Waals surface area contributed by atoms with Crippen LogP contribution in [0.4, 0.5) is 0 Å². The Bertz CT molecular complexity index is 348. The summed E-state index contributed by atoms with van der Waals surface area (Å²) in [5, 5.41) is 3.43. The maximum atomic E-state index is 4.43. The van der Waals surface area contributed by atoms with E-state index < -0.39 is 0 Å². The van der Waals surface area contributed by atoms with Gasteiger partial charge in [-0.25, -0.2) is 0 Å². The molecule has 0 aromatic carbocycles. The molecule has 0 saturated carbocycles. The normalized spacial score (nSPS) is 20.9. The van der Waals surface area contributed by atoms with Crippen molar-refractivity contribution in [3.8, 4) is 0 Å². The minimum atomic E-state index is 0.215. The van der Waals surface area contributed by atoms with Crippen LogP contribution in [0, 0.1) is 0 Å². The quantitative estimate of drug-likeness (QED) is 0.900. The Kier molecular flexibility index (Phi) is 3.62. The van der Waals surface area contributed by atoms with Gasteiger partial charge in [0.25, 0.3) is 0 Å². The van der Waals surface area contributed by atoms with E-state index in [1.165, 1.54) is 0 Å². The number of halogens is 1. The van der Waals surface area contributed by atoms with Gasteiger partial charge in [-0.1, -0.05) is 0 Å². The Morgan fingerprint density at radius 1 is 1.50 bits per heavy atom. The van der Waals surface area contributed by atoms with Crippen molar-refractivity contribution in [2.24, 2.45) is 0 Å². The highest BCUT2D eigenvalue weighted by Crippen LogP contribution is 2.19. The lowest BCUT2D eigenvalue weighted by Gasteiger charge is -2.42. The SMILES string of the molecule is CC1(C)CNCCN1Cc1ccc(Br)cn1. The van der Waals surface area contributed by atoms with E-state index in [9.17, 15) is 0 Å². The number of piperazine rings is 1. The molecule has 1 aromatic rings. The molecule has 16 heavy (non-hydrogen) atoms. The summed E-state index contributed by atoms with van der Waals surface area (Å²) in [5.74, 6) is 0. The lowest BCUT2D eigenvalue weighted by atomic mass is 10.00. The molecule has 0 aliphatic carbocycles. The third kappa shape index (κ3) is 2.81. The molecule has 1 aliphatic heterocycles. The number of nitrogens with zero attached hydrogens (tertiary/aromatic N) is 2. The molecule has 2 heterocycles. The molecular formula is C12H18BrN3. The number of nitrogens with one attached hydrogen (secondary N) is 1. The first kappa shape index (κ1) is 12.0. The van der Waals surface area contributed by atoms with Crippen LogP contribution in [-0.4, -0.2) is 35.1 Å². The average Bonchev–Trinajstić information content (AvgIpc) is 2.24. The van der Waals surface area contributed by atoms with E-state index in [2.05, 4.69) is 57.1 Å². The van der Waals surface area contributed by atoms with Crippen molar-refractivity contribution in [3.63, 3.8) is 0 Å². The van der Waals surface area contributed by atoms with E-state index in [0.717, 1.165) is 36.3 Å². The number of aromatic nitrogens is 1. The fraction of sp³-hybridized carbons (Fsp3) is 0.583. The Hall–Kier alpha value is -0.450. The van der Waals surface area contributed by atoms with Crippen molar-refractivity contribution < 1.29 is 0 Å². The first-order valence-corrected chi connectivity index (χ1v) is 6.43. The number of rotatable bonds is 2. The highest BCUT2D eigenvalue weighted by Gasteiger charge is 2.29. The third-order valence-electron chi connectivity index (χ3n) is 3.11. The van der Waals surface area contributed by atoms with E-state index in [-0.39, 0.29) is 5.54 Å². The number of hydrogen-bond acceptors (Lipinski definition) is 3. The van der Waals surface area contributed by atoms with E-state index in [4.69, 9.17) is 0 Å². The summed E-state index contributed by atoms with van der Waals surface area (Å²) in [4.78, 5) is 6.91. The smallest absolute Gasteiger partial charge is 0.0545 e. The maximum absolute atomic E-state index is 4.43. The van der Waals surface area contributed by atoms with Gasteiger partial charge in [-0.05, 0) is 41.9 Å². The molecule has 1 aliphatic rings. The van der Waals surface area contributed by atoms with Crippen LogP contribution >= 0.6 is 15.9 Å². The predicted octanol–water partition coefficient (Wildman–Crippen LogP) is 2.03. The molecular weight excluding hydrogens is 266 g/mol. The molecule has 2 rings (SSSR count). The van der Waals surface area contributed by atoms with Crippen LogP contribution < -0.4 is 5.32 Å². The van der Waals surface area contributed by atoms with Crippen molar-refractivity contribution in [3.05, 3.63) is 28.5 Å². The highest BCUT2D eigenvalue weighted by molar-refractivity contribution is 9.10. The van der Waals surface area contributed by atoms with Gasteiger partial charge in [-0.2, -0.15) is 0 Å². The van der Waals surface area contributed by atoms with Crippen molar-refractivity contribution in [1.29, 1.82) is 0 Å². The maximum Gasteiger partial charge on any atom is 0.0545 e. The summed E-state index contributed by atoms with van der Waals surface area (Å²) < 4.78 is 1.04. The van der Waals surface area contributed by atoms with Gasteiger partial charge in [0.2, 0.25) is 0 Å². The first-order chi connectivity index (χ1) is 7.58. The van der Waals surface area contributed by atoms with E-state index in [1.807, 2.05) is 6.20 Å². The van der Waals surface area contributed by atoms with E-state index in [1.54, 1.807) is 0 Å². The van der Waals surface area contributed by atoms with Gasteiger partial charge in [-0.15, -0.1) is 0 Å². The van der Waals surface area contributed by atoms with Gasteiger partial charge in [-0.3, -0.25) is 9.88 Å². The summed E-state index contributed by atoms with van der Waals surface area (Å²) in [6.45, 7) is 8.69. The van der Waals surface area contributed by atoms with Crippen molar-refractivity contribution >= 4 is 15.9 Å². The fourth-order valence-corrected chi connectivity index (χ4v) is 2.25. The van der Waals surface area contributed by atoms with Crippen molar-refractivity contribution in [1.82, 2.24) is 15.2 Å². The summed E-state index contributed by atoms with van der Waals surface area (Å²) in [5.41, 5.74) is 1.35. The summed E-state index contributed by atoms with van der Waals surface area (Å²) in [6, 6.07) is 4.14. The third-order valence-corrected chi connectivity index (χ3v) is 3.58. The second-order valence-corrected chi connectivity index (χ2v) is 5.79. The molecule has 0 bridgehead atoms. The van der Waals surface area contributed by atoms with Crippen molar-refractivity contribution in [2.75, 3.05) is 19.6 Å². The fourth-order valence-electron chi connectivity index (χ4n) is 2.01. The summed E-state index contributed by atoms with van der Waals surface area (Å²) >= 11 is 3.41. The molecule has 3 nitrogen and oxygen atoms in total. The van der Waals surface area contributed by atoms with Gasteiger partial charge in [0.05, 0.1) is 5.69 Å². The topological polar surface area (TPSA) is 28.2 Å². The van der Waals surface area contributed by atoms with Crippen LogP contribution in [0.5, 0.6) is 0 Å². The minimum absolute atomic E-state index is 0.215. The second-order valence-electron chi connectivity index (χ2n) is 4.88.